The third-order valence-corrected chi connectivity index (χ3v) is 2.08. The van der Waals surface area contributed by atoms with E-state index in [0.717, 1.165) is 5.22 Å². The molecule has 0 radical (unpaired) electrons. The van der Waals surface area contributed by atoms with Crippen molar-refractivity contribution in [2.45, 2.75) is 6.92 Å². The molecule has 0 fully saturated rings. The number of rotatable bonds is 1. The lowest BCUT2D eigenvalue weighted by molar-refractivity contribution is 0.581. The summed E-state index contributed by atoms with van der Waals surface area (Å²) in [6.07, 6.45) is 0. The molecule has 0 aromatic heterocycles. The lowest BCUT2D eigenvalue weighted by Gasteiger charge is -2.12. The van der Waals surface area contributed by atoms with E-state index in [1.165, 1.54) is 10.9 Å². The summed E-state index contributed by atoms with van der Waals surface area (Å²) in [5.74, 6) is 0. The van der Waals surface area contributed by atoms with Crippen molar-refractivity contribution < 1.29 is 0 Å². The van der Waals surface area contributed by atoms with Crippen LogP contribution in [0.4, 0.5) is 0 Å². The molecule has 1 rings (SSSR count). The van der Waals surface area contributed by atoms with Crippen LogP contribution >= 0.6 is 0 Å². The lowest BCUT2D eigenvalue weighted by atomic mass is 10.2. The van der Waals surface area contributed by atoms with E-state index in [0.29, 0.717) is 0 Å². The minimum atomic E-state index is 1.09. The van der Waals surface area contributed by atoms with E-state index in [4.69, 9.17) is 0 Å². The molecule has 0 aliphatic heterocycles. The van der Waals surface area contributed by atoms with Crippen molar-refractivity contribution in [3.05, 3.63) is 34.7 Å². The van der Waals surface area contributed by atoms with Gasteiger partial charge in [-0.2, -0.15) is 0 Å². The highest BCUT2D eigenvalue weighted by Crippen LogP contribution is 1.91. The molecule has 0 spiro atoms. The smallest absolute Gasteiger partial charge is 0.0175 e. The van der Waals surface area contributed by atoms with Crippen LogP contribution in [0.15, 0.2) is 24.3 Å². The van der Waals surface area contributed by atoms with E-state index < -0.39 is 0 Å². The van der Waals surface area contributed by atoms with Crippen molar-refractivity contribution in [3.63, 3.8) is 0 Å². The molecule has 0 amide bonds. The largest absolute Gasteiger partial charge is 0.381 e. The first kappa shape index (κ1) is 8.85. The molecule has 1 aromatic rings. The van der Waals surface area contributed by atoms with E-state index in [2.05, 4.69) is 24.5 Å². The zero-order chi connectivity index (χ0) is 9.14. The molecule has 64 valence electrons. The molecule has 0 aliphatic carbocycles. The number of nitrogens with zero attached hydrogens (tertiary/aromatic N) is 1. The first-order valence-corrected chi connectivity index (χ1v) is 4.05. The summed E-state index contributed by atoms with van der Waals surface area (Å²) in [7, 11) is 4.09. The molecule has 0 atom stereocenters. The Morgan fingerprint density at radius 2 is 1.83 bits per heavy atom. The van der Waals surface area contributed by atoms with Crippen LogP contribution < -0.4 is 10.4 Å². The standard InChI is InChI=1S/C11H15N/c1-9-7-5-6-8-11(9)10(2)12(3)4/h5-8H,1H2,2-4H3/b11-10-. The highest BCUT2D eigenvalue weighted by molar-refractivity contribution is 5.39. The van der Waals surface area contributed by atoms with Crippen LogP contribution in [-0.2, 0) is 0 Å². The molecule has 1 nitrogen and oxygen atoms in total. The van der Waals surface area contributed by atoms with Crippen molar-refractivity contribution in [1.29, 1.82) is 0 Å². The minimum Gasteiger partial charge on any atom is -0.381 e. The molecular weight excluding hydrogens is 146 g/mol. The van der Waals surface area contributed by atoms with Gasteiger partial charge in [-0.3, -0.25) is 0 Å². The van der Waals surface area contributed by atoms with Crippen LogP contribution in [0.1, 0.15) is 6.92 Å². The highest BCUT2D eigenvalue weighted by Gasteiger charge is 1.92. The third kappa shape index (κ3) is 1.67. The molecule has 12 heavy (non-hydrogen) atoms. The maximum atomic E-state index is 3.98. The first-order chi connectivity index (χ1) is 5.63. The van der Waals surface area contributed by atoms with Gasteiger partial charge in [0.25, 0.3) is 0 Å². The van der Waals surface area contributed by atoms with Crippen LogP contribution in [0.25, 0.3) is 12.3 Å². The van der Waals surface area contributed by atoms with Crippen LogP contribution in [0.2, 0.25) is 0 Å². The number of hydrogen-bond acceptors (Lipinski definition) is 1. The van der Waals surface area contributed by atoms with E-state index in [9.17, 15) is 0 Å². The number of hydrogen-bond donors (Lipinski definition) is 0. The fraction of sp³-hybridized carbons (Fsp3) is 0.273. The van der Waals surface area contributed by atoms with Gasteiger partial charge in [0, 0.05) is 19.8 Å². The Bertz CT molecular complexity index is 363. The quantitative estimate of drug-likeness (QED) is 0.588. The predicted molar refractivity (Wildman–Crippen MR) is 54.0 cm³/mol. The average Bonchev–Trinajstić information content (AvgIpc) is 2.04. The minimum absolute atomic E-state index is 1.09. The topological polar surface area (TPSA) is 3.24 Å². The summed E-state index contributed by atoms with van der Waals surface area (Å²) in [6.45, 7) is 6.08. The van der Waals surface area contributed by atoms with Gasteiger partial charge >= 0.3 is 0 Å². The van der Waals surface area contributed by atoms with Gasteiger partial charge in [0.1, 0.15) is 0 Å². The van der Waals surface area contributed by atoms with Crippen molar-refractivity contribution >= 4 is 12.3 Å². The van der Waals surface area contributed by atoms with Crippen molar-refractivity contribution in [1.82, 2.24) is 4.90 Å². The van der Waals surface area contributed by atoms with Gasteiger partial charge in [0.2, 0.25) is 0 Å². The van der Waals surface area contributed by atoms with Crippen LogP contribution in [0.5, 0.6) is 0 Å². The van der Waals surface area contributed by atoms with E-state index in [1.54, 1.807) is 0 Å². The van der Waals surface area contributed by atoms with Gasteiger partial charge < -0.3 is 4.90 Å². The van der Waals surface area contributed by atoms with Gasteiger partial charge in [-0.25, -0.2) is 0 Å². The van der Waals surface area contributed by atoms with Crippen LogP contribution in [0, 0.1) is 0 Å². The van der Waals surface area contributed by atoms with Crippen molar-refractivity contribution in [3.8, 4) is 0 Å². The summed E-state index contributed by atoms with van der Waals surface area (Å²) >= 11 is 0. The van der Waals surface area contributed by atoms with Gasteiger partial charge in [0.15, 0.2) is 0 Å². The highest BCUT2D eigenvalue weighted by atomic mass is 15.1. The van der Waals surface area contributed by atoms with Crippen molar-refractivity contribution in [2.24, 2.45) is 0 Å². The fourth-order valence-corrected chi connectivity index (χ4v) is 1.11. The first-order valence-electron chi connectivity index (χ1n) is 4.05. The Hall–Kier alpha value is -1.24. The Kier molecular flexibility index (Phi) is 2.54. The average molecular weight is 161 g/mol. The molecule has 0 saturated carbocycles. The number of benzene rings is 1. The van der Waals surface area contributed by atoms with Gasteiger partial charge in [-0.1, -0.05) is 30.8 Å². The molecule has 0 aliphatic rings. The maximum Gasteiger partial charge on any atom is 0.0175 e. The molecule has 0 saturated heterocycles. The van der Waals surface area contributed by atoms with E-state index in [1.807, 2.05) is 32.3 Å². The summed E-state index contributed by atoms with van der Waals surface area (Å²) in [5, 5.41) is 2.31. The zero-order valence-corrected chi connectivity index (χ0v) is 7.96. The van der Waals surface area contributed by atoms with E-state index in [-0.39, 0.29) is 0 Å². The lowest BCUT2D eigenvalue weighted by Crippen LogP contribution is -2.29. The monoisotopic (exact) mass is 161 g/mol. The maximum absolute atomic E-state index is 3.98. The molecule has 0 N–H and O–H groups in total. The van der Waals surface area contributed by atoms with Gasteiger partial charge in [0.05, 0.1) is 0 Å². The zero-order valence-electron chi connectivity index (χ0n) is 7.96. The molecular formula is C11H15N. The van der Waals surface area contributed by atoms with Crippen molar-refractivity contribution in [2.75, 3.05) is 14.1 Å². The summed E-state index contributed by atoms with van der Waals surface area (Å²) < 4.78 is 0. The normalized spacial score (nSPS) is 12.6. The predicted octanol–water partition coefficient (Wildman–Crippen LogP) is 0.787. The molecule has 0 unspecified atom stereocenters. The van der Waals surface area contributed by atoms with Crippen LogP contribution in [0.3, 0.4) is 0 Å². The summed E-state index contributed by atoms with van der Waals surface area (Å²) in [5.41, 5.74) is 1.25. The fourth-order valence-electron chi connectivity index (χ4n) is 1.11. The second-order valence-corrected chi connectivity index (χ2v) is 3.14. The van der Waals surface area contributed by atoms with Gasteiger partial charge in [-0.05, 0) is 17.4 Å². The molecule has 0 bridgehead atoms. The molecule has 1 heteroatoms. The Morgan fingerprint density at radius 3 is 2.33 bits per heavy atom. The molecule has 0 heterocycles. The summed E-state index contributed by atoms with van der Waals surface area (Å²) in [4.78, 5) is 2.10. The second-order valence-electron chi connectivity index (χ2n) is 3.14. The second kappa shape index (κ2) is 3.44. The Labute approximate surface area is 73.6 Å². The SMILES string of the molecule is C=c1cccc/c1=C(\C)N(C)C. The Balaban J connectivity index is 3.45. The third-order valence-electron chi connectivity index (χ3n) is 2.08. The van der Waals surface area contributed by atoms with E-state index >= 15 is 0 Å². The summed E-state index contributed by atoms with van der Waals surface area (Å²) in [6, 6.07) is 8.17. The van der Waals surface area contributed by atoms with Gasteiger partial charge in [-0.15, -0.1) is 0 Å². The van der Waals surface area contributed by atoms with Crippen LogP contribution in [-0.4, -0.2) is 19.0 Å². The Morgan fingerprint density at radius 1 is 1.25 bits per heavy atom. The molecule has 1 aromatic carbocycles.